The third-order valence-electron chi connectivity index (χ3n) is 12.2. The summed E-state index contributed by atoms with van der Waals surface area (Å²) in [6, 6.07) is 72.9. The number of benzene rings is 10. The minimum atomic E-state index is -0.510. The van der Waals surface area contributed by atoms with Crippen LogP contribution in [0, 0.1) is 0 Å². The van der Waals surface area contributed by atoms with Crippen molar-refractivity contribution in [1.29, 1.82) is 0 Å². The van der Waals surface area contributed by atoms with Crippen LogP contribution in [0.2, 0.25) is 0 Å². The van der Waals surface area contributed by atoms with E-state index in [-0.39, 0.29) is 0 Å². The normalized spacial score (nSPS) is 15.2. The SMILES string of the molecule is c1ccc(-c2cc3c4ccccc4c4c(c3c3ccccc23)C2(c3ccccc3-c3ccc(-c5ccc6ccccc6c5)cc32)c2ccccc2-4)cc1. The lowest BCUT2D eigenvalue weighted by Crippen LogP contribution is -2.26. The lowest BCUT2D eigenvalue weighted by atomic mass is 9.68. The highest BCUT2D eigenvalue weighted by molar-refractivity contribution is 6.28. The molecule has 10 aromatic rings. The molecule has 244 valence electrons. The van der Waals surface area contributed by atoms with Gasteiger partial charge in [-0.2, -0.15) is 0 Å². The predicted octanol–water partition coefficient (Wildman–Crippen LogP) is 14.0. The van der Waals surface area contributed by atoms with Gasteiger partial charge in [-0.15, -0.1) is 0 Å². The maximum Gasteiger partial charge on any atom is 0.0732 e. The molecule has 0 fully saturated rings. The summed E-state index contributed by atoms with van der Waals surface area (Å²) in [7, 11) is 0. The summed E-state index contributed by atoms with van der Waals surface area (Å²) >= 11 is 0. The molecule has 1 spiro atoms. The molecule has 0 saturated heterocycles. The first kappa shape index (κ1) is 28.9. The lowest BCUT2D eigenvalue weighted by molar-refractivity contribution is 0.802. The van der Waals surface area contributed by atoms with E-state index in [0.29, 0.717) is 0 Å². The summed E-state index contributed by atoms with van der Waals surface area (Å²) in [6.07, 6.45) is 0. The van der Waals surface area contributed by atoms with E-state index >= 15 is 0 Å². The molecule has 0 heterocycles. The van der Waals surface area contributed by atoms with Crippen LogP contribution in [-0.4, -0.2) is 0 Å². The molecule has 0 aliphatic heterocycles. The van der Waals surface area contributed by atoms with Gasteiger partial charge in [0.1, 0.15) is 0 Å². The van der Waals surface area contributed by atoms with Crippen molar-refractivity contribution in [1.82, 2.24) is 0 Å². The van der Waals surface area contributed by atoms with Crippen LogP contribution in [0.4, 0.5) is 0 Å². The fourth-order valence-corrected chi connectivity index (χ4v) is 10.1. The van der Waals surface area contributed by atoms with E-state index < -0.39 is 5.41 Å². The minimum Gasteiger partial charge on any atom is -0.0622 e. The Hall–Kier alpha value is -6.76. The third-order valence-corrected chi connectivity index (χ3v) is 12.2. The highest BCUT2D eigenvalue weighted by atomic mass is 14.5. The van der Waals surface area contributed by atoms with E-state index in [2.05, 4.69) is 194 Å². The Morgan fingerprint density at radius 1 is 0.283 bits per heavy atom. The van der Waals surface area contributed by atoms with E-state index in [9.17, 15) is 0 Å². The fourth-order valence-electron chi connectivity index (χ4n) is 10.1. The zero-order chi connectivity index (χ0) is 34.7. The standard InChI is InChI=1S/C53H32/c1-2-15-34(16-3-1)45-32-46-39-19-7-9-22-43(39)50-44-23-11-13-25-48(44)53(52(50)51(46)42-21-8-6-18-38(42)45)47-24-12-10-20-40(47)41-29-28-37(31-49(41)53)36-27-26-33-14-4-5-17-35(33)30-36/h1-32H. The zero-order valence-corrected chi connectivity index (χ0v) is 29.0. The number of hydrogen-bond acceptors (Lipinski definition) is 0. The van der Waals surface area contributed by atoms with Gasteiger partial charge in [-0.25, -0.2) is 0 Å². The zero-order valence-electron chi connectivity index (χ0n) is 29.0. The van der Waals surface area contributed by atoms with Gasteiger partial charge in [0.15, 0.2) is 0 Å². The monoisotopic (exact) mass is 668 g/mol. The van der Waals surface area contributed by atoms with Crippen molar-refractivity contribution in [2.75, 3.05) is 0 Å². The van der Waals surface area contributed by atoms with Crippen LogP contribution in [0.3, 0.4) is 0 Å². The Balaban J connectivity index is 1.29. The van der Waals surface area contributed by atoms with Gasteiger partial charge >= 0.3 is 0 Å². The van der Waals surface area contributed by atoms with Crippen LogP contribution >= 0.6 is 0 Å². The van der Waals surface area contributed by atoms with Gasteiger partial charge in [0, 0.05) is 0 Å². The Morgan fingerprint density at radius 3 is 1.70 bits per heavy atom. The van der Waals surface area contributed by atoms with Crippen molar-refractivity contribution in [2.24, 2.45) is 0 Å². The smallest absolute Gasteiger partial charge is 0.0622 e. The van der Waals surface area contributed by atoms with Gasteiger partial charge in [-0.3, -0.25) is 0 Å². The molecule has 2 aliphatic rings. The number of fused-ring (bicyclic) bond motifs is 18. The summed E-state index contributed by atoms with van der Waals surface area (Å²) in [6.45, 7) is 0. The molecule has 2 aliphatic carbocycles. The topological polar surface area (TPSA) is 0 Å². The summed E-state index contributed by atoms with van der Waals surface area (Å²) in [5, 5.41) is 10.4. The van der Waals surface area contributed by atoms with Crippen LogP contribution in [0.15, 0.2) is 194 Å². The largest absolute Gasteiger partial charge is 0.0732 e. The van der Waals surface area contributed by atoms with Crippen LogP contribution < -0.4 is 0 Å². The maximum atomic E-state index is 2.52. The Morgan fingerprint density at radius 2 is 0.868 bits per heavy atom. The van der Waals surface area contributed by atoms with Gasteiger partial charge in [0.2, 0.25) is 0 Å². The van der Waals surface area contributed by atoms with Crippen molar-refractivity contribution in [3.8, 4) is 44.5 Å². The summed E-state index contributed by atoms with van der Waals surface area (Å²) in [5.41, 5.74) is 15.3. The molecule has 0 amide bonds. The highest BCUT2D eigenvalue weighted by Gasteiger charge is 2.53. The van der Waals surface area contributed by atoms with E-state index in [0.717, 1.165) is 0 Å². The fraction of sp³-hybridized carbons (Fsp3) is 0.0189. The lowest BCUT2D eigenvalue weighted by Gasteiger charge is -2.32. The van der Waals surface area contributed by atoms with Gasteiger partial charge in [0.25, 0.3) is 0 Å². The second-order valence-corrected chi connectivity index (χ2v) is 14.7. The van der Waals surface area contributed by atoms with Crippen LogP contribution in [-0.2, 0) is 5.41 Å². The molecular formula is C53H32. The summed E-state index contributed by atoms with van der Waals surface area (Å²) < 4.78 is 0. The molecule has 10 aromatic carbocycles. The second-order valence-electron chi connectivity index (χ2n) is 14.7. The molecule has 12 rings (SSSR count). The van der Waals surface area contributed by atoms with Gasteiger partial charge < -0.3 is 0 Å². The van der Waals surface area contributed by atoms with Gasteiger partial charge in [-0.1, -0.05) is 176 Å². The maximum absolute atomic E-state index is 2.52. The van der Waals surface area contributed by atoms with Crippen molar-refractivity contribution >= 4 is 43.1 Å². The predicted molar refractivity (Wildman–Crippen MR) is 224 cm³/mol. The van der Waals surface area contributed by atoms with Crippen LogP contribution in [0.1, 0.15) is 22.3 Å². The number of rotatable bonds is 2. The third kappa shape index (κ3) is 3.75. The van der Waals surface area contributed by atoms with Crippen molar-refractivity contribution in [2.45, 2.75) is 5.41 Å². The molecule has 0 radical (unpaired) electrons. The molecule has 0 heteroatoms. The summed E-state index contributed by atoms with van der Waals surface area (Å²) in [4.78, 5) is 0. The van der Waals surface area contributed by atoms with Crippen LogP contribution in [0.5, 0.6) is 0 Å². The van der Waals surface area contributed by atoms with Crippen LogP contribution in [0.25, 0.3) is 87.6 Å². The first-order valence-electron chi connectivity index (χ1n) is 18.6. The molecular weight excluding hydrogens is 637 g/mol. The van der Waals surface area contributed by atoms with E-state index in [1.54, 1.807) is 0 Å². The van der Waals surface area contributed by atoms with Crippen molar-refractivity contribution in [3.05, 3.63) is 216 Å². The summed E-state index contributed by atoms with van der Waals surface area (Å²) in [5.74, 6) is 0. The van der Waals surface area contributed by atoms with Gasteiger partial charge in [-0.05, 0) is 128 Å². The quantitative estimate of drug-likeness (QED) is 0.161. The molecule has 53 heavy (non-hydrogen) atoms. The molecule has 1 unspecified atom stereocenters. The molecule has 0 nitrogen and oxygen atoms in total. The van der Waals surface area contributed by atoms with E-state index in [4.69, 9.17) is 0 Å². The Labute approximate surface area is 308 Å². The van der Waals surface area contributed by atoms with Crippen molar-refractivity contribution < 1.29 is 0 Å². The molecule has 0 bridgehead atoms. The highest BCUT2D eigenvalue weighted by Crippen LogP contribution is 2.66. The molecule has 0 saturated carbocycles. The van der Waals surface area contributed by atoms with Gasteiger partial charge in [0.05, 0.1) is 5.41 Å². The first-order chi connectivity index (χ1) is 26.3. The molecule has 0 N–H and O–H groups in total. The average Bonchev–Trinajstić information content (AvgIpc) is 3.71. The Kier molecular flexibility index (Phi) is 5.80. The average molecular weight is 669 g/mol. The molecule has 1 atom stereocenters. The van der Waals surface area contributed by atoms with Crippen molar-refractivity contribution in [3.63, 3.8) is 0 Å². The number of hydrogen-bond donors (Lipinski definition) is 0. The Bertz CT molecular complexity index is 3170. The minimum absolute atomic E-state index is 0.510. The first-order valence-corrected chi connectivity index (χ1v) is 18.6. The van der Waals surface area contributed by atoms with E-state index in [1.807, 2.05) is 0 Å². The second kappa shape index (κ2) is 10.6. The molecule has 0 aromatic heterocycles. The van der Waals surface area contributed by atoms with E-state index in [1.165, 1.54) is 110 Å².